The largest absolute Gasteiger partial charge is 0.497 e. The van der Waals surface area contributed by atoms with E-state index < -0.39 is 5.91 Å². The number of ether oxygens (including phenoxy) is 3. The second-order valence-electron chi connectivity index (χ2n) is 7.19. The maximum absolute atomic E-state index is 12.8. The summed E-state index contributed by atoms with van der Waals surface area (Å²) in [5, 5.41) is 14.1. The van der Waals surface area contributed by atoms with Crippen LogP contribution < -0.4 is 24.8 Å². The molecule has 10 heteroatoms. The normalized spacial score (nSPS) is 10.4. The summed E-state index contributed by atoms with van der Waals surface area (Å²) >= 11 is 0. The maximum Gasteiger partial charge on any atom is 0.277 e. The Kier molecular flexibility index (Phi) is 6.87. The molecule has 0 saturated carbocycles. The summed E-state index contributed by atoms with van der Waals surface area (Å²) in [7, 11) is 4.77. The van der Waals surface area contributed by atoms with Crippen molar-refractivity contribution in [3.05, 3.63) is 78.2 Å². The number of nitrogens with one attached hydrogen (secondary N) is 2. The fourth-order valence-corrected chi connectivity index (χ4v) is 3.22. The summed E-state index contributed by atoms with van der Waals surface area (Å²) in [4.78, 5) is 17.2. The third-order valence-corrected chi connectivity index (χ3v) is 4.99. The van der Waals surface area contributed by atoms with Crippen LogP contribution in [0.4, 0.5) is 17.2 Å². The van der Waals surface area contributed by atoms with Crippen molar-refractivity contribution in [3.63, 3.8) is 0 Å². The number of pyridine rings is 1. The van der Waals surface area contributed by atoms with Crippen molar-refractivity contribution in [1.29, 1.82) is 0 Å². The highest BCUT2D eigenvalue weighted by molar-refractivity contribution is 6.04. The van der Waals surface area contributed by atoms with Crippen molar-refractivity contribution < 1.29 is 19.0 Å². The predicted octanol–water partition coefficient (Wildman–Crippen LogP) is 3.74. The van der Waals surface area contributed by atoms with Gasteiger partial charge in [0.2, 0.25) is 0 Å². The Balaban J connectivity index is 1.47. The van der Waals surface area contributed by atoms with Crippen LogP contribution in [0.25, 0.3) is 0 Å². The molecule has 0 fully saturated rings. The number of benzene rings is 2. The molecule has 2 aromatic heterocycles. The van der Waals surface area contributed by atoms with Crippen LogP contribution in [0.1, 0.15) is 16.1 Å². The summed E-state index contributed by atoms with van der Waals surface area (Å²) in [6.45, 7) is 0.473. The van der Waals surface area contributed by atoms with Crippen LogP contribution in [0, 0.1) is 0 Å². The Labute approximate surface area is 196 Å². The Morgan fingerprint density at radius 1 is 0.941 bits per heavy atom. The molecule has 0 radical (unpaired) electrons. The second kappa shape index (κ2) is 10.3. The summed E-state index contributed by atoms with van der Waals surface area (Å²) in [6, 6.07) is 16.4. The van der Waals surface area contributed by atoms with Gasteiger partial charge < -0.3 is 24.8 Å². The van der Waals surface area contributed by atoms with Gasteiger partial charge >= 0.3 is 0 Å². The van der Waals surface area contributed by atoms with Gasteiger partial charge in [0.25, 0.3) is 5.91 Å². The average molecular weight is 460 g/mol. The standard InChI is InChI=1S/C24H24N6O4/c1-32-17-8-6-16(7-9-17)14-30-15-21(28-29-30)24(31)27-20-5-4-12-25-23(20)26-19-11-10-18(33-2)13-22(19)34-3/h4-13,15H,14H2,1-3H3,(H,25,26)(H,27,31). The minimum absolute atomic E-state index is 0.186. The molecule has 4 aromatic rings. The van der Waals surface area contributed by atoms with Crippen molar-refractivity contribution in [3.8, 4) is 17.2 Å². The molecule has 34 heavy (non-hydrogen) atoms. The van der Waals surface area contributed by atoms with Crippen molar-refractivity contribution in [2.24, 2.45) is 0 Å². The number of nitrogens with zero attached hydrogens (tertiary/aromatic N) is 4. The molecule has 0 bridgehead atoms. The van der Waals surface area contributed by atoms with E-state index in [-0.39, 0.29) is 5.69 Å². The van der Waals surface area contributed by atoms with Crippen LogP contribution in [0.5, 0.6) is 17.2 Å². The Hall–Kier alpha value is -4.60. The number of carbonyl (C=O) groups is 1. The van der Waals surface area contributed by atoms with E-state index in [1.807, 2.05) is 30.3 Å². The van der Waals surface area contributed by atoms with Gasteiger partial charge in [0.15, 0.2) is 11.5 Å². The minimum Gasteiger partial charge on any atom is -0.497 e. The van der Waals surface area contributed by atoms with E-state index in [1.165, 1.54) is 0 Å². The Bertz CT molecular complexity index is 1270. The van der Waals surface area contributed by atoms with Crippen LogP contribution in [0.15, 0.2) is 67.0 Å². The minimum atomic E-state index is -0.404. The number of amides is 1. The first kappa shape index (κ1) is 22.6. The molecule has 1 amide bonds. The SMILES string of the molecule is COc1ccc(Cn2cc(C(=O)Nc3cccnc3Nc3ccc(OC)cc3OC)nn2)cc1. The van der Waals surface area contributed by atoms with Gasteiger partial charge in [-0.1, -0.05) is 17.3 Å². The number of hydrogen-bond acceptors (Lipinski definition) is 8. The third kappa shape index (κ3) is 5.23. The maximum atomic E-state index is 12.8. The summed E-state index contributed by atoms with van der Waals surface area (Å²) in [5.74, 6) is 2.05. The van der Waals surface area contributed by atoms with Gasteiger partial charge in [0.1, 0.15) is 17.2 Å². The first-order chi connectivity index (χ1) is 16.6. The molecule has 0 unspecified atom stereocenters. The molecule has 174 valence electrons. The summed E-state index contributed by atoms with van der Waals surface area (Å²) in [5.41, 5.74) is 2.34. The molecular formula is C24H24N6O4. The molecule has 10 nitrogen and oxygen atoms in total. The monoisotopic (exact) mass is 460 g/mol. The van der Waals surface area contributed by atoms with Crippen molar-refractivity contribution in [2.45, 2.75) is 6.54 Å². The number of hydrogen-bond donors (Lipinski definition) is 2. The molecule has 4 rings (SSSR count). The topological polar surface area (TPSA) is 112 Å². The van der Waals surface area contributed by atoms with Gasteiger partial charge in [-0.3, -0.25) is 4.79 Å². The molecule has 0 spiro atoms. The number of rotatable bonds is 9. The first-order valence-electron chi connectivity index (χ1n) is 10.4. The quantitative estimate of drug-likeness (QED) is 0.388. The number of anilines is 3. The van der Waals surface area contributed by atoms with Crippen LogP contribution >= 0.6 is 0 Å². The van der Waals surface area contributed by atoms with Crippen LogP contribution in [-0.2, 0) is 6.54 Å². The van der Waals surface area contributed by atoms with Gasteiger partial charge in [-0.2, -0.15) is 0 Å². The van der Waals surface area contributed by atoms with E-state index in [4.69, 9.17) is 14.2 Å². The molecule has 2 aromatic carbocycles. The zero-order chi connectivity index (χ0) is 23.9. The molecule has 0 aliphatic heterocycles. The molecule has 2 heterocycles. The van der Waals surface area contributed by atoms with E-state index in [2.05, 4.69) is 25.9 Å². The van der Waals surface area contributed by atoms with E-state index in [9.17, 15) is 4.79 Å². The van der Waals surface area contributed by atoms with Crippen LogP contribution in [0.3, 0.4) is 0 Å². The summed E-state index contributed by atoms with van der Waals surface area (Å²) < 4.78 is 17.4. The van der Waals surface area contributed by atoms with Crippen LogP contribution in [-0.4, -0.2) is 47.2 Å². The van der Waals surface area contributed by atoms with E-state index in [0.717, 1.165) is 11.3 Å². The lowest BCUT2D eigenvalue weighted by Crippen LogP contribution is -2.14. The van der Waals surface area contributed by atoms with Crippen LogP contribution in [0.2, 0.25) is 0 Å². The number of methoxy groups -OCH3 is 3. The van der Waals surface area contributed by atoms with Gasteiger partial charge in [-0.15, -0.1) is 5.10 Å². The smallest absolute Gasteiger partial charge is 0.277 e. The lowest BCUT2D eigenvalue weighted by Gasteiger charge is -2.14. The fraction of sp³-hybridized carbons (Fsp3) is 0.167. The zero-order valence-corrected chi connectivity index (χ0v) is 19.0. The molecule has 0 aliphatic rings. The van der Waals surface area contributed by atoms with Gasteiger partial charge in [0.05, 0.1) is 45.4 Å². The zero-order valence-electron chi connectivity index (χ0n) is 19.0. The average Bonchev–Trinajstić information content (AvgIpc) is 3.34. The van der Waals surface area contributed by atoms with Crippen molar-refractivity contribution in [1.82, 2.24) is 20.0 Å². The van der Waals surface area contributed by atoms with E-state index >= 15 is 0 Å². The lowest BCUT2D eigenvalue weighted by atomic mass is 10.2. The number of aromatic nitrogens is 4. The first-order valence-corrected chi connectivity index (χ1v) is 10.4. The fourth-order valence-electron chi connectivity index (χ4n) is 3.22. The van der Waals surface area contributed by atoms with E-state index in [0.29, 0.717) is 35.2 Å². The molecule has 0 aliphatic carbocycles. The third-order valence-electron chi connectivity index (χ3n) is 4.99. The van der Waals surface area contributed by atoms with Gasteiger partial charge in [0, 0.05) is 12.3 Å². The molecule has 0 atom stereocenters. The molecule has 2 N–H and O–H groups in total. The second-order valence-corrected chi connectivity index (χ2v) is 7.19. The van der Waals surface area contributed by atoms with Gasteiger partial charge in [-0.25, -0.2) is 9.67 Å². The summed E-state index contributed by atoms with van der Waals surface area (Å²) in [6.07, 6.45) is 3.22. The predicted molar refractivity (Wildman–Crippen MR) is 127 cm³/mol. The molecule has 0 saturated heterocycles. The molecular weight excluding hydrogens is 436 g/mol. The van der Waals surface area contributed by atoms with Crippen molar-refractivity contribution in [2.75, 3.05) is 32.0 Å². The highest BCUT2D eigenvalue weighted by atomic mass is 16.5. The highest BCUT2D eigenvalue weighted by Gasteiger charge is 2.15. The lowest BCUT2D eigenvalue weighted by molar-refractivity contribution is 0.102. The Morgan fingerprint density at radius 2 is 1.71 bits per heavy atom. The number of carbonyl (C=O) groups excluding carboxylic acids is 1. The van der Waals surface area contributed by atoms with Gasteiger partial charge in [-0.05, 0) is 42.0 Å². The Morgan fingerprint density at radius 3 is 2.44 bits per heavy atom. The van der Waals surface area contributed by atoms with E-state index in [1.54, 1.807) is 62.7 Å². The highest BCUT2D eigenvalue weighted by Crippen LogP contribution is 2.33. The van der Waals surface area contributed by atoms with Crippen molar-refractivity contribution >= 4 is 23.1 Å².